The van der Waals surface area contributed by atoms with Gasteiger partial charge < -0.3 is 18.9 Å². The zero-order chi connectivity index (χ0) is 21.3. The van der Waals surface area contributed by atoms with Gasteiger partial charge in [-0.1, -0.05) is 13.3 Å². The number of hydrogen-bond donors (Lipinski definition) is 1. The van der Waals surface area contributed by atoms with E-state index in [1.165, 1.54) is 32.6 Å². The summed E-state index contributed by atoms with van der Waals surface area (Å²) in [5.74, 6) is 1.74. The van der Waals surface area contributed by atoms with Gasteiger partial charge in [-0.05, 0) is 42.3 Å². The Morgan fingerprint density at radius 3 is 2.34 bits per heavy atom. The lowest BCUT2D eigenvalue weighted by molar-refractivity contribution is 0.288. The van der Waals surface area contributed by atoms with E-state index in [2.05, 4.69) is 16.9 Å². The van der Waals surface area contributed by atoms with Crippen molar-refractivity contribution in [2.45, 2.75) is 24.7 Å². The van der Waals surface area contributed by atoms with Gasteiger partial charge in [-0.3, -0.25) is 0 Å². The average Bonchev–Trinajstić information content (AvgIpc) is 2.74. The minimum atomic E-state index is -3.95. The molecule has 0 aliphatic heterocycles. The zero-order valence-electron chi connectivity index (χ0n) is 17.0. The van der Waals surface area contributed by atoms with Crippen molar-refractivity contribution >= 4 is 16.2 Å². The number of rotatable bonds is 11. The molecule has 0 saturated heterocycles. The molecule has 1 N–H and O–H groups in total. The third-order valence-electron chi connectivity index (χ3n) is 3.99. The van der Waals surface area contributed by atoms with E-state index in [1.807, 2.05) is 0 Å². The van der Waals surface area contributed by atoms with E-state index < -0.39 is 10.0 Å². The largest absolute Gasteiger partial charge is 0.497 e. The normalized spacial score (nSPS) is 11.3. The number of nitrogens with zero attached hydrogens (tertiary/aromatic N) is 1. The molecule has 29 heavy (non-hydrogen) atoms. The topological polar surface area (TPSA) is 95.5 Å². The van der Waals surface area contributed by atoms with Crippen LogP contribution in [-0.4, -0.2) is 42.6 Å². The number of nitrogens with one attached hydrogen (secondary N) is 1. The van der Waals surface area contributed by atoms with Crippen molar-refractivity contribution in [3.8, 4) is 23.0 Å². The van der Waals surface area contributed by atoms with Gasteiger partial charge in [0.15, 0.2) is 11.5 Å². The molecule has 2 rings (SSSR count). The summed E-state index contributed by atoms with van der Waals surface area (Å²) in [4.78, 5) is 2.10. The minimum Gasteiger partial charge on any atom is -0.497 e. The molecule has 0 spiro atoms. The lowest BCUT2D eigenvalue weighted by atomic mass is 10.2. The Labute approximate surface area is 171 Å². The highest BCUT2D eigenvalue weighted by Gasteiger charge is 2.20. The summed E-state index contributed by atoms with van der Waals surface area (Å²) in [6.45, 7) is 2.69. The number of benzene rings is 2. The van der Waals surface area contributed by atoms with E-state index in [9.17, 15) is 8.42 Å². The van der Waals surface area contributed by atoms with Crippen molar-refractivity contribution in [2.24, 2.45) is 5.10 Å². The van der Waals surface area contributed by atoms with Crippen LogP contribution in [0.2, 0.25) is 0 Å². The molecular formula is C20H26N2O6S. The molecule has 0 heterocycles. The van der Waals surface area contributed by atoms with Crippen LogP contribution in [0.3, 0.4) is 0 Å². The van der Waals surface area contributed by atoms with Crippen molar-refractivity contribution in [3.05, 3.63) is 42.0 Å². The fourth-order valence-electron chi connectivity index (χ4n) is 2.42. The first-order valence-corrected chi connectivity index (χ1v) is 10.5. The SMILES string of the molecule is CCCCOc1ccc(/C=N\NS(=O)(=O)c2cc(OC)ccc2OC)cc1OC. The van der Waals surface area contributed by atoms with Crippen LogP contribution in [0.5, 0.6) is 23.0 Å². The summed E-state index contributed by atoms with van der Waals surface area (Å²) < 4.78 is 46.4. The molecule has 8 nitrogen and oxygen atoms in total. The summed E-state index contributed by atoms with van der Waals surface area (Å²) in [6, 6.07) is 9.72. The van der Waals surface area contributed by atoms with Gasteiger partial charge in [0.05, 0.1) is 34.2 Å². The number of ether oxygens (including phenoxy) is 4. The zero-order valence-corrected chi connectivity index (χ0v) is 17.8. The Kier molecular flexibility index (Phi) is 8.14. The average molecular weight is 423 g/mol. The molecule has 0 unspecified atom stereocenters. The number of hydrazone groups is 1. The Hall–Kier alpha value is -2.94. The first kappa shape index (κ1) is 22.4. The molecule has 0 aliphatic carbocycles. The molecule has 2 aromatic rings. The Morgan fingerprint density at radius 2 is 1.69 bits per heavy atom. The van der Waals surface area contributed by atoms with Crippen molar-refractivity contribution in [3.63, 3.8) is 0 Å². The molecule has 0 saturated carbocycles. The van der Waals surface area contributed by atoms with E-state index in [1.54, 1.807) is 31.4 Å². The Morgan fingerprint density at radius 1 is 0.966 bits per heavy atom. The fourth-order valence-corrected chi connectivity index (χ4v) is 3.40. The summed E-state index contributed by atoms with van der Waals surface area (Å²) in [5, 5.41) is 3.85. The van der Waals surface area contributed by atoms with E-state index in [-0.39, 0.29) is 10.6 Å². The van der Waals surface area contributed by atoms with Gasteiger partial charge in [0.25, 0.3) is 10.0 Å². The molecule has 9 heteroatoms. The Bertz CT molecular complexity index is 944. The third kappa shape index (κ3) is 6.02. The van der Waals surface area contributed by atoms with Crippen LogP contribution in [0.15, 0.2) is 46.4 Å². The highest BCUT2D eigenvalue weighted by molar-refractivity contribution is 7.89. The van der Waals surface area contributed by atoms with Crippen LogP contribution in [-0.2, 0) is 10.0 Å². The summed E-state index contributed by atoms with van der Waals surface area (Å²) in [6.07, 6.45) is 3.36. The molecule has 0 amide bonds. The van der Waals surface area contributed by atoms with Gasteiger partial charge in [0, 0.05) is 6.07 Å². The first-order valence-electron chi connectivity index (χ1n) is 9.03. The lowest BCUT2D eigenvalue weighted by Gasteiger charge is -2.11. The standard InChI is InChI=1S/C20H26N2O6S/c1-5-6-11-28-17-9-7-15(12-19(17)27-4)14-21-22-29(23,24)20-13-16(25-2)8-10-18(20)26-3/h7-10,12-14,22H,5-6,11H2,1-4H3/b21-14-. The smallest absolute Gasteiger partial charge is 0.280 e. The van der Waals surface area contributed by atoms with Crippen LogP contribution in [0, 0.1) is 0 Å². The number of sulfonamides is 1. The molecule has 0 aromatic heterocycles. The lowest BCUT2D eigenvalue weighted by Crippen LogP contribution is -2.19. The predicted molar refractivity (Wildman–Crippen MR) is 111 cm³/mol. The molecule has 0 atom stereocenters. The molecule has 158 valence electrons. The number of unbranched alkanes of at least 4 members (excludes halogenated alkanes) is 1. The van der Waals surface area contributed by atoms with Gasteiger partial charge in [-0.2, -0.15) is 18.4 Å². The second-order valence-corrected chi connectivity index (χ2v) is 7.61. The van der Waals surface area contributed by atoms with Gasteiger partial charge in [-0.25, -0.2) is 0 Å². The van der Waals surface area contributed by atoms with E-state index in [0.29, 0.717) is 29.4 Å². The maximum Gasteiger partial charge on any atom is 0.280 e. The first-order chi connectivity index (χ1) is 13.9. The van der Waals surface area contributed by atoms with Crippen molar-refractivity contribution in [2.75, 3.05) is 27.9 Å². The highest BCUT2D eigenvalue weighted by atomic mass is 32.2. The summed E-state index contributed by atoms with van der Waals surface area (Å²) >= 11 is 0. The second-order valence-electron chi connectivity index (χ2n) is 5.98. The van der Waals surface area contributed by atoms with Crippen molar-refractivity contribution in [1.82, 2.24) is 4.83 Å². The van der Waals surface area contributed by atoms with E-state index in [0.717, 1.165) is 12.8 Å². The van der Waals surface area contributed by atoms with Crippen molar-refractivity contribution < 1.29 is 27.4 Å². The second kappa shape index (κ2) is 10.6. The molecule has 0 aliphatic rings. The predicted octanol–water partition coefficient (Wildman–Crippen LogP) is 3.20. The van der Waals surface area contributed by atoms with E-state index >= 15 is 0 Å². The monoisotopic (exact) mass is 422 g/mol. The van der Waals surface area contributed by atoms with Crippen LogP contribution < -0.4 is 23.8 Å². The van der Waals surface area contributed by atoms with Crippen LogP contribution >= 0.6 is 0 Å². The summed E-state index contributed by atoms with van der Waals surface area (Å²) in [5.41, 5.74) is 0.644. The summed E-state index contributed by atoms with van der Waals surface area (Å²) in [7, 11) is 0.430. The van der Waals surface area contributed by atoms with Gasteiger partial charge in [0.1, 0.15) is 16.4 Å². The minimum absolute atomic E-state index is 0.0752. The quantitative estimate of drug-likeness (QED) is 0.339. The molecular weight excluding hydrogens is 396 g/mol. The maximum atomic E-state index is 12.6. The molecule has 0 fully saturated rings. The highest BCUT2D eigenvalue weighted by Crippen LogP contribution is 2.29. The van der Waals surface area contributed by atoms with Crippen LogP contribution in [0.1, 0.15) is 25.3 Å². The molecule has 2 aromatic carbocycles. The Balaban J connectivity index is 2.16. The molecule has 0 radical (unpaired) electrons. The molecule has 0 bridgehead atoms. The fraction of sp³-hybridized carbons (Fsp3) is 0.350. The third-order valence-corrected chi connectivity index (χ3v) is 5.23. The number of hydrogen-bond acceptors (Lipinski definition) is 7. The van der Waals surface area contributed by atoms with E-state index in [4.69, 9.17) is 18.9 Å². The van der Waals surface area contributed by atoms with Gasteiger partial charge >= 0.3 is 0 Å². The van der Waals surface area contributed by atoms with Crippen LogP contribution in [0.4, 0.5) is 0 Å². The maximum absolute atomic E-state index is 12.6. The van der Waals surface area contributed by atoms with Gasteiger partial charge in [-0.15, -0.1) is 0 Å². The van der Waals surface area contributed by atoms with Crippen LogP contribution in [0.25, 0.3) is 0 Å². The van der Waals surface area contributed by atoms with Gasteiger partial charge in [0.2, 0.25) is 0 Å². The number of methoxy groups -OCH3 is 3. The van der Waals surface area contributed by atoms with Crippen molar-refractivity contribution in [1.29, 1.82) is 0 Å².